The van der Waals surface area contributed by atoms with Gasteiger partial charge in [0.2, 0.25) is 5.43 Å². The van der Waals surface area contributed by atoms with E-state index in [1.54, 1.807) is 42.5 Å². The van der Waals surface area contributed by atoms with Crippen molar-refractivity contribution in [3.63, 3.8) is 0 Å². The fraction of sp³-hybridized carbons (Fsp3) is 0.105. The highest BCUT2D eigenvalue weighted by Crippen LogP contribution is 2.18. The summed E-state index contributed by atoms with van der Waals surface area (Å²) in [5, 5.41) is 4.20. The van der Waals surface area contributed by atoms with Crippen LogP contribution < -0.4 is 20.3 Å². The van der Waals surface area contributed by atoms with Crippen LogP contribution in [0, 0.1) is 0 Å². The van der Waals surface area contributed by atoms with Crippen molar-refractivity contribution < 1.29 is 18.7 Å². The SMILES string of the molecule is COc1cccc(C(=O)N/N=C/c2coc3ccc(OC)cc3c2=O)c1. The van der Waals surface area contributed by atoms with E-state index in [2.05, 4.69) is 10.5 Å². The van der Waals surface area contributed by atoms with E-state index >= 15 is 0 Å². The molecule has 0 saturated heterocycles. The number of amides is 1. The normalized spacial score (nSPS) is 10.8. The maximum absolute atomic E-state index is 12.5. The summed E-state index contributed by atoms with van der Waals surface area (Å²) in [7, 11) is 3.03. The predicted octanol–water partition coefficient (Wildman–Crippen LogP) is 2.57. The molecule has 1 N–H and O–H groups in total. The number of nitrogens with one attached hydrogen (secondary N) is 1. The van der Waals surface area contributed by atoms with Crippen LogP contribution in [0.15, 0.2) is 63.0 Å². The smallest absolute Gasteiger partial charge is 0.271 e. The van der Waals surface area contributed by atoms with Crippen molar-refractivity contribution in [3.8, 4) is 11.5 Å². The van der Waals surface area contributed by atoms with Crippen LogP contribution in [0.2, 0.25) is 0 Å². The zero-order chi connectivity index (χ0) is 18.5. The Labute approximate surface area is 148 Å². The Hall–Kier alpha value is -3.61. The van der Waals surface area contributed by atoms with Crippen molar-refractivity contribution in [3.05, 3.63) is 70.1 Å². The van der Waals surface area contributed by atoms with Gasteiger partial charge in [-0.1, -0.05) is 6.07 Å². The molecule has 3 aromatic rings. The number of benzene rings is 2. The molecule has 3 rings (SSSR count). The lowest BCUT2D eigenvalue weighted by molar-refractivity contribution is 0.0955. The van der Waals surface area contributed by atoms with Gasteiger partial charge in [-0.15, -0.1) is 0 Å². The molecule has 7 heteroatoms. The van der Waals surface area contributed by atoms with Crippen molar-refractivity contribution in [2.75, 3.05) is 14.2 Å². The Balaban J connectivity index is 1.80. The maximum atomic E-state index is 12.5. The number of hydrogen-bond acceptors (Lipinski definition) is 6. The van der Waals surface area contributed by atoms with E-state index in [4.69, 9.17) is 13.9 Å². The Morgan fingerprint density at radius 1 is 1.12 bits per heavy atom. The van der Waals surface area contributed by atoms with Crippen LogP contribution in [0.1, 0.15) is 15.9 Å². The molecular weight excluding hydrogens is 336 g/mol. The average molecular weight is 352 g/mol. The molecule has 0 unspecified atom stereocenters. The fourth-order valence-corrected chi connectivity index (χ4v) is 2.33. The van der Waals surface area contributed by atoms with E-state index in [1.165, 1.54) is 26.7 Å². The Bertz CT molecular complexity index is 1040. The molecular formula is C19H16N2O5. The number of carbonyl (C=O) groups excluding carboxylic acids is 1. The highest BCUT2D eigenvalue weighted by molar-refractivity contribution is 5.95. The third kappa shape index (κ3) is 3.56. The van der Waals surface area contributed by atoms with Crippen LogP contribution in [0.25, 0.3) is 11.0 Å². The second kappa shape index (κ2) is 7.52. The van der Waals surface area contributed by atoms with Crippen molar-refractivity contribution in [2.24, 2.45) is 5.10 Å². The first-order valence-electron chi connectivity index (χ1n) is 7.69. The zero-order valence-electron chi connectivity index (χ0n) is 14.2. The molecule has 0 spiro atoms. The molecule has 0 radical (unpaired) electrons. The molecule has 0 aliphatic rings. The van der Waals surface area contributed by atoms with Crippen molar-refractivity contribution in [1.82, 2.24) is 5.43 Å². The lowest BCUT2D eigenvalue weighted by Crippen LogP contribution is -2.18. The van der Waals surface area contributed by atoms with Crippen LogP contribution in [-0.2, 0) is 0 Å². The monoisotopic (exact) mass is 352 g/mol. The highest BCUT2D eigenvalue weighted by Gasteiger charge is 2.08. The molecule has 0 aliphatic carbocycles. The minimum Gasteiger partial charge on any atom is -0.497 e. The summed E-state index contributed by atoms with van der Waals surface area (Å²) in [5.41, 5.74) is 3.12. The van der Waals surface area contributed by atoms with E-state index in [9.17, 15) is 9.59 Å². The van der Waals surface area contributed by atoms with Gasteiger partial charge in [0.1, 0.15) is 23.3 Å². The van der Waals surface area contributed by atoms with E-state index < -0.39 is 5.91 Å². The summed E-state index contributed by atoms with van der Waals surface area (Å²) in [6.45, 7) is 0. The van der Waals surface area contributed by atoms with Gasteiger partial charge in [0.15, 0.2) is 0 Å². The average Bonchev–Trinajstić information content (AvgIpc) is 2.69. The van der Waals surface area contributed by atoms with Gasteiger partial charge in [0.05, 0.1) is 31.4 Å². The number of ether oxygens (including phenoxy) is 2. The largest absolute Gasteiger partial charge is 0.497 e. The number of carbonyl (C=O) groups is 1. The predicted molar refractivity (Wildman–Crippen MR) is 97.1 cm³/mol. The Morgan fingerprint density at radius 3 is 2.65 bits per heavy atom. The van der Waals surface area contributed by atoms with Crippen LogP contribution in [0.3, 0.4) is 0 Å². The highest BCUT2D eigenvalue weighted by atomic mass is 16.5. The van der Waals surface area contributed by atoms with Gasteiger partial charge in [-0.05, 0) is 36.4 Å². The quantitative estimate of drug-likeness (QED) is 0.563. The number of nitrogens with zero attached hydrogens (tertiary/aromatic N) is 1. The van der Waals surface area contributed by atoms with Crippen LogP contribution in [-0.4, -0.2) is 26.3 Å². The maximum Gasteiger partial charge on any atom is 0.271 e. The van der Waals surface area contributed by atoms with Gasteiger partial charge in [-0.25, -0.2) is 5.43 Å². The van der Waals surface area contributed by atoms with Gasteiger partial charge in [0.25, 0.3) is 5.91 Å². The molecule has 0 bridgehead atoms. The first kappa shape index (κ1) is 17.2. The van der Waals surface area contributed by atoms with Crippen LogP contribution in [0.5, 0.6) is 11.5 Å². The van der Waals surface area contributed by atoms with Gasteiger partial charge in [0, 0.05) is 5.56 Å². The molecule has 0 fully saturated rings. The molecule has 1 heterocycles. The van der Waals surface area contributed by atoms with E-state index in [1.807, 2.05) is 0 Å². The molecule has 0 saturated carbocycles. The van der Waals surface area contributed by atoms with Crippen molar-refractivity contribution >= 4 is 23.1 Å². The zero-order valence-corrected chi connectivity index (χ0v) is 14.2. The second-order valence-corrected chi connectivity index (χ2v) is 5.31. The lowest BCUT2D eigenvalue weighted by Gasteiger charge is -2.03. The standard InChI is InChI=1S/C19H16N2O5/c1-24-14-5-3-4-12(8-14)19(23)21-20-10-13-11-26-17-7-6-15(25-2)9-16(17)18(13)22/h3-11H,1-2H3,(H,21,23)/b20-10+. The van der Waals surface area contributed by atoms with Gasteiger partial charge < -0.3 is 13.9 Å². The molecule has 0 aliphatic heterocycles. The minimum absolute atomic E-state index is 0.205. The van der Waals surface area contributed by atoms with Gasteiger partial charge in [-0.3, -0.25) is 9.59 Å². The third-order valence-electron chi connectivity index (χ3n) is 3.71. The number of methoxy groups -OCH3 is 2. The molecule has 1 aromatic heterocycles. The van der Waals surface area contributed by atoms with Gasteiger partial charge in [-0.2, -0.15) is 5.10 Å². The topological polar surface area (TPSA) is 90.1 Å². The third-order valence-corrected chi connectivity index (χ3v) is 3.71. The number of hydrazone groups is 1. The Kier molecular flexibility index (Phi) is 4.98. The summed E-state index contributed by atoms with van der Waals surface area (Å²) >= 11 is 0. The lowest BCUT2D eigenvalue weighted by atomic mass is 10.2. The van der Waals surface area contributed by atoms with Crippen molar-refractivity contribution in [1.29, 1.82) is 0 Å². The molecule has 7 nitrogen and oxygen atoms in total. The van der Waals surface area contributed by atoms with Crippen LogP contribution >= 0.6 is 0 Å². The van der Waals surface area contributed by atoms with Crippen molar-refractivity contribution in [2.45, 2.75) is 0 Å². The summed E-state index contributed by atoms with van der Waals surface area (Å²) in [6, 6.07) is 11.6. The first-order valence-corrected chi connectivity index (χ1v) is 7.69. The summed E-state index contributed by atoms with van der Waals surface area (Å²) in [5.74, 6) is 0.683. The molecule has 2 aromatic carbocycles. The van der Waals surface area contributed by atoms with Gasteiger partial charge >= 0.3 is 0 Å². The molecule has 132 valence electrons. The summed E-state index contributed by atoms with van der Waals surface area (Å²) < 4.78 is 15.6. The minimum atomic E-state index is -0.424. The summed E-state index contributed by atoms with van der Waals surface area (Å²) in [4.78, 5) is 24.6. The van der Waals surface area contributed by atoms with Crippen LogP contribution in [0.4, 0.5) is 0 Å². The Morgan fingerprint density at radius 2 is 1.88 bits per heavy atom. The molecule has 1 amide bonds. The van der Waals surface area contributed by atoms with E-state index in [-0.39, 0.29) is 11.0 Å². The van der Waals surface area contributed by atoms with E-state index in [0.29, 0.717) is 28.0 Å². The second-order valence-electron chi connectivity index (χ2n) is 5.31. The van der Waals surface area contributed by atoms with E-state index in [0.717, 1.165) is 0 Å². The first-order chi connectivity index (χ1) is 12.6. The molecule has 0 atom stereocenters. The number of fused-ring (bicyclic) bond motifs is 1. The number of hydrogen-bond donors (Lipinski definition) is 1. The fourth-order valence-electron chi connectivity index (χ4n) is 2.33. The molecule has 26 heavy (non-hydrogen) atoms. The summed E-state index contributed by atoms with van der Waals surface area (Å²) in [6.07, 6.45) is 2.53. The number of rotatable bonds is 5.